The van der Waals surface area contributed by atoms with Gasteiger partial charge in [0.1, 0.15) is 0 Å². The highest BCUT2D eigenvalue weighted by molar-refractivity contribution is 5.85. The van der Waals surface area contributed by atoms with Crippen molar-refractivity contribution in [1.29, 1.82) is 0 Å². The van der Waals surface area contributed by atoms with E-state index in [-0.39, 0.29) is 6.42 Å². The minimum atomic E-state index is -1.64. The molecule has 0 spiro atoms. The lowest BCUT2D eigenvalue weighted by molar-refractivity contribution is -0.323. The molecule has 0 fully saturated rings. The molecule has 0 aliphatic rings. The van der Waals surface area contributed by atoms with Crippen LogP contribution in [0.15, 0.2) is 60.7 Å². The maximum absolute atomic E-state index is 11.8. The molecule has 0 saturated heterocycles. The molecular formula is C17H14O4-2. The van der Waals surface area contributed by atoms with Gasteiger partial charge in [0.25, 0.3) is 0 Å². The van der Waals surface area contributed by atoms with Gasteiger partial charge in [-0.15, -0.1) is 0 Å². The van der Waals surface area contributed by atoms with Crippen LogP contribution in [-0.2, 0) is 21.4 Å². The van der Waals surface area contributed by atoms with Crippen molar-refractivity contribution >= 4 is 11.9 Å². The molecule has 2 rings (SSSR count). The van der Waals surface area contributed by atoms with E-state index < -0.39 is 23.8 Å². The highest BCUT2D eigenvalue weighted by Gasteiger charge is 2.34. The Bertz CT molecular complexity index is 622. The van der Waals surface area contributed by atoms with Crippen LogP contribution in [0.4, 0.5) is 0 Å². The SMILES string of the molecule is O=C([O-])C[C@@](Cc1ccccc1)(C(=O)[O-])c1ccccc1. The van der Waals surface area contributed by atoms with Gasteiger partial charge in [0.15, 0.2) is 0 Å². The van der Waals surface area contributed by atoms with E-state index in [0.717, 1.165) is 5.56 Å². The van der Waals surface area contributed by atoms with E-state index in [1.54, 1.807) is 54.6 Å². The Kier molecular flexibility index (Phi) is 4.38. The first kappa shape index (κ1) is 14.8. The van der Waals surface area contributed by atoms with Crippen molar-refractivity contribution in [3.63, 3.8) is 0 Å². The largest absolute Gasteiger partial charge is 0.550 e. The zero-order valence-electron chi connectivity index (χ0n) is 11.3. The molecule has 0 bridgehead atoms. The summed E-state index contributed by atoms with van der Waals surface area (Å²) in [6.07, 6.45) is -0.595. The van der Waals surface area contributed by atoms with E-state index in [1.165, 1.54) is 0 Å². The summed E-state index contributed by atoms with van der Waals surface area (Å²) in [6.45, 7) is 0. The van der Waals surface area contributed by atoms with E-state index in [2.05, 4.69) is 0 Å². The number of benzene rings is 2. The van der Waals surface area contributed by atoms with Crippen LogP contribution in [0.2, 0.25) is 0 Å². The van der Waals surface area contributed by atoms with Crippen molar-refractivity contribution in [3.05, 3.63) is 71.8 Å². The van der Waals surface area contributed by atoms with Crippen molar-refractivity contribution in [2.24, 2.45) is 0 Å². The first-order chi connectivity index (χ1) is 10.0. The molecule has 2 aromatic carbocycles. The van der Waals surface area contributed by atoms with Crippen LogP contribution in [0, 0.1) is 0 Å². The van der Waals surface area contributed by atoms with Crippen molar-refractivity contribution < 1.29 is 19.8 Å². The van der Waals surface area contributed by atoms with Gasteiger partial charge in [0.2, 0.25) is 0 Å². The number of hydrogen-bond acceptors (Lipinski definition) is 4. The molecule has 1 atom stereocenters. The minimum absolute atomic E-state index is 0.0359. The average molecular weight is 282 g/mol. The topological polar surface area (TPSA) is 80.3 Å². The summed E-state index contributed by atoms with van der Waals surface area (Å²) in [5.74, 6) is -2.83. The Labute approximate surface area is 122 Å². The summed E-state index contributed by atoms with van der Waals surface area (Å²) in [6, 6.07) is 17.2. The molecule has 0 aromatic heterocycles. The minimum Gasteiger partial charge on any atom is -0.550 e. The molecule has 0 radical (unpaired) electrons. The number of carboxylic acid groups (broad SMARTS) is 2. The van der Waals surface area contributed by atoms with Crippen LogP contribution in [-0.4, -0.2) is 11.9 Å². The summed E-state index contributed by atoms with van der Waals surface area (Å²) in [4.78, 5) is 22.8. The fourth-order valence-electron chi connectivity index (χ4n) is 2.48. The third-order valence-corrected chi connectivity index (χ3v) is 3.51. The van der Waals surface area contributed by atoms with E-state index in [1.807, 2.05) is 6.07 Å². The lowest BCUT2D eigenvalue weighted by atomic mass is 9.73. The summed E-state index contributed by atoms with van der Waals surface area (Å²) in [7, 11) is 0. The number of aliphatic carboxylic acids is 2. The fourth-order valence-corrected chi connectivity index (χ4v) is 2.48. The van der Waals surface area contributed by atoms with Crippen molar-refractivity contribution in [3.8, 4) is 0 Å². The van der Waals surface area contributed by atoms with Gasteiger partial charge in [0.05, 0.1) is 5.97 Å². The first-order valence-electron chi connectivity index (χ1n) is 6.55. The van der Waals surface area contributed by atoms with E-state index >= 15 is 0 Å². The number of hydrogen-bond donors (Lipinski definition) is 0. The molecule has 0 amide bonds. The van der Waals surface area contributed by atoms with E-state index in [9.17, 15) is 19.8 Å². The van der Waals surface area contributed by atoms with Gasteiger partial charge in [0, 0.05) is 17.8 Å². The summed E-state index contributed by atoms with van der Waals surface area (Å²) < 4.78 is 0. The first-order valence-corrected chi connectivity index (χ1v) is 6.55. The van der Waals surface area contributed by atoms with Gasteiger partial charge >= 0.3 is 0 Å². The number of carboxylic acids is 2. The average Bonchev–Trinajstić information content (AvgIpc) is 2.48. The maximum Gasteiger partial charge on any atom is 0.0527 e. The third kappa shape index (κ3) is 3.28. The fraction of sp³-hybridized carbons (Fsp3) is 0.176. The Hall–Kier alpha value is -2.62. The molecule has 4 nitrogen and oxygen atoms in total. The second-order valence-electron chi connectivity index (χ2n) is 4.95. The standard InChI is InChI=1S/C17H16O4/c18-15(19)12-17(16(20)21,14-9-5-2-6-10-14)11-13-7-3-1-4-8-13/h1-10H,11-12H2,(H,18,19)(H,20,21)/p-2/t17-/m1/s1. The van der Waals surface area contributed by atoms with Crippen LogP contribution in [0.25, 0.3) is 0 Å². The number of rotatable bonds is 6. The van der Waals surface area contributed by atoms with Gasteiger partial charge in [-0.05, 0) is 17.5 Å². The van der Waals surface area contributed by atoms with Crippen LogP contribution in [0.1, 0.15) is 17.5 Å². The molecule has 0 aliphatic carbocycles. The predicted octanol–water partition coefficient (Wildman–Crippen LogP) is 0.0570. The zero-order chi connectivity index (χ0) is 15.3. The smallest absolute Gasteiger partial charge is 0.0527 e. The summed E-state index contributed by atoms with van der Waals surface area (Å²) >= 11 is 0. The molecule has 4 heteroatoms. The Balaban J connectivity index is 2.51. The van der Waals surface area contributed by atoms with Gasteiger partial charge in [-0.25, -0.2) is 0 Å². The second-order valence-corrected chi connectivity index (χ2v) is 4.95. The third-order valence-electron chi connectivity index (χ3n) is 3.51. The zero-order valence-corrected chi connectivity index (χ0v) is 11.3. The number of carbonyl (C=O) groups excluding carboxylic acids is 2. The second kappa shape index (κ2) is 6.22. The molecule has 0 unspecified atom stereocenters. The molecule has 108 valence electrons. The maximum atomic E-state index is 11.8. The monoisotopic (exact) mass is 282 g/mol. The molecule has 0 aliphatic heterocycles. The van der Waals surface area contributed by atoms with Gasteiger partial charge in [-0.1, -0.05) is 60.7 Å². The van der Waals surface area contributed by atoms with Crippen LogP contribution in [0.3, 0.4) is 0 Å². The molecule has 0 saturated carbocycles. The quantitative estimate of drug-likeness (QED) is 0.750. The van der Waals surface area contributed by atoms with E-state index in [4.69, 9.17) is 0 Å². The van der Waals surface area contributed by atoms with E-state index in [0.29, 0.717) is 5.56 Å². The lowest BCUT2D eigenvalue weighted by Gasteiger charge is -2.36. The van der Waals surface area contributed by atoms with Crippen LogP contribution in [0.5, 0.6) is 0 Å². The van der Waals surface area contributed by atoms with Gasteiger partial charge in [-0.3, -0.25) is 0 Å². The number of carbonyl (C=O) groups is 2. The van der Waals surface area contributed by atoms with Gasteiger partial charge < -0.3 is 19.8 Å². The summed E-state index contributed by atoms with van der Waals surface area (Å²) in [5, 5.41) is 22.8. The lowest BCUT2D eigenvalue weighted by Crippen LogP contribution is -2.50. The van der Waals surface area contributed by atoms with Crippen LogP contribution >= 0.6 is 0 Å². The molecular weight excluding hydrogens is 268 g/mol. The molecule has 21 heavy (non-hydrogen) atoms. The van der Waals surface area contributed by atoms with Crippen LogP contribution < -0.4 is 10.2 Å². The Morgan fingerprint density at radius 3 is 1.86 bits per heavy atom. The highest BCUT2D eigenvalue weighted by atomic mass is 16.4. The highest BCUT2D eigenvalue weighted by Crippen LogP contribution is 2.31. The van der Waals surface area contributed by atoms with Crippen molar-refractivity contribution in [2.75, 3.05) is 0 Å². The Morgan fingerprint density at radius 2 is 1.38 bits per heavy atom. The molecule has 0 heterocycles. The van der Waals surface area contributed by atoms with Crippen molar-refractivity contribution in [2.45, 2.75) is 18.3 Å². The molecule has 0 N–H and O–H groups in total. The normalized spacial score (nSPS) is 13.3. The Morgan fingerprint density at radius 1 is 0.857 bits per heavy atom. The predicted molar refractivity (Wildman–Crippen MR) is 72.9 cm³/mol. The summed E-state index contributed by atoms with van der Waals surface area (Å²) in [5.41, 5.74) is -0.508. The van der Waals surface area contributed by atoms with Gasteiger partial charge in [-0.2, -0.15) is 0 Å². The molecule has 2 aromatic rings. The van der Waals surface area contributed by atoms with Crippen molar-refractivity contribution in [1.82, 2.24) is 0 Å².